The average Bonchev–Trinajstić information content (AvgIpc) is 3.30. The van der Waals surface area contributed by atoms with Gasteiger partial charge in [-0.25, -0.2) is 4.79 Å². The lowest BCUT2D eigenvalue weighted by atomic mass is 9.82. The Morgan fingerprint density at radius 3 is 2.15 bits per heavy atom. The van der Waals surface area contributed by atoms with Gasteiger partial charge in [-0.05, 0) is 69.6 Å². The van der Waals surface area contributed by atoms with Crippen molar-refractivity contribution in [1.29, 1.82) is 0 Å². The van der Waals surface area contributed by atoms with Gasteiger partial charge in [-0.15, -0.1) is 0 Å². The van der Waals surface area contributed by atoms with Crippen molar-refractivity contribution in [2.75, 3.05) is 6.54 Å². The fraction of sp³-hybridized carbons (Fsp3) is 0.885. The van der Waals surface area contributed by atoms with Gasteiger partial charge in [0.15, 0.2) is 0 Å². The molecule has 0 aromatic carbocycles. The summed E-state index contributed by atoms with van der Waals surface area (Å²) in [5.74, 6) is -0.185. The van der Waals surface area contributed by atoms with Crippen molar-refractivity contribution in [2.45, 2.75) is 117 Å². The van der Waals surface area contributed by atoms with Gasteiger partial charge in [0, 0.05) is 6.54 Å². The normalized spacial score (nSPS) is 28.2. The molecule has 1 aliphatic heterocycles. The molecule has 7 heteroatoms. The molecule has 1 heterocycles. The summed E-state index contributed by atoms with van der Waals surface area (Å²) in [6.07, 6.45) is 8.33. The van der Waals surface area contributed by atoms with Crippen LogP contribution in [0.3, 0.4) is 0 Å². The van der Waals surface area contributed by atoms with Crippen molar-refractivity contribution in [3.63, 3.8) is 0 Å². The zero-order valence-electron chi connectivity index (χ0n) is 21.5. The van der Waals surface area contributed by atoms with Crippen LogP contribution in [0.1, 0.15) is 92.9 Å². The zero-order chi connectivity index (χ0) is 24.6. The molecule has 0 spiro atoms. The maximum absolute atomic E-state index is 13.9. The van der Waals surface area contributed by atoms with E-state index in [0.29, 0.717) is 12.5 Å². The van der Waals surface area contributed by atoms with Gasteiger partial charge in [0.2, 0.25) is 11.8 Å². The average molecular weight is 464 g/mol. The summed E-state index contributed by atoms with van der Waals surface area (Å²) in [5, 5.41) is 3.00. The molecular formula is C26H45N3O4. The monoisotopic (exact) mass is 463 g/mol. The van der Waals surface area contributed by atoms with E-state index in [1.165, 1.54) is 6.42 Å². The maximum Gasteiger partial charge on any atom is 0.329 e. The standard InChI is InChI=1S/C26H45N3O4/c1-25(2,3)21(28-22(30)19(27)16-11-8-7-9-12-16)23(31)29-15-17-13-10-14-18(17)20(29)24(32)33-26(4,5)6/h16-21H,7-15,27H2,1-6H3,(H,28,30)/t17-,18-,19-,20-,21+/m0/s1. The fourth-order valence-corrected chi connectivity index (χ4v) is 5.96. The van der Waals surface area contributed by atoms with E-state index in [1.54, 1.807) is 4.90 Å². The molecule has 2 aliphatic carbocycles. The number of hydrogen-bond acceptors (Lipinski definition) is 5. The summed E-state index contributed by atoms with van der Waals surface area (Å²) in [7, 11) is 0. The van der Waals surface area contributed by atoms with Gasteiger partial charge in [-0.3, -0.25) is 9.59 Å². The van der Waals surface area contributed by atoms with E-state index in [-0.39, 0.29) is 29.6 Å². The van der Waals surface area contributed by atoms with Crippen LogP contribution in [0.15, 0.2) is 0 Å². The molecule has 188 valence electrons. The number of likely N-dealkylation sites (tertiary alicyclic amines) is 1. The first-order valence-electron chi connectivity index (χ1n) is 12.9. The van der Waals surface area contributed by atoms with E-state index < -0.39 is 29.1 Å². The van der Waals surface area contributed by atoms with Crippen molar-refractivity contribution in [1.82, 2.24) is 10.2 Å². The molecule has 1 saturated heterocycles. The molecule has 2 amide bonds. The largest absolute Gasteiger partial charge is 0.458 e. The zero-order valence-corrected chi connectivity index (χ0v) is 21.5. The Kier molecular flexibility index (Phi) is 7.82. The maximum atomic E-state index is 13.9. The molecule has 3 rings (SSSR count). The molecule has 7 nitrogen and oxygen atoms in total. The van der Waals surface area contributed by atoms with E-state index in [0.717, 1.165) is 44.9 Å². The quantitative estimate of drug-likeness (QED) is 0.609. The van der Waals surface area contributed by atoms with Crippen LogP contribution >= 0.6 is 0 Å². The lowest BCUT2D eigenvalue weighted by Crippen LogP contribution is -2.60. The van der Waals surface area contributed by atoms with Crippen LogP contribution < -0.4 is 11.1 Å². The number of fused-ring (bicyclic) bond motifs is 1. The minimum Gasteiger partial charge on any atom is -0.458 e. The highest BCUT2D eigenvalue weighted by atomic mass is 16.6. The molecule has 0 radical (unpaired) electrons. The first kappa shape index (κ1) is 26.0. The van der Waals surface area contributed by atoms with E-state index in [4.69, 9.17) is 10.5 Å². The van der Waals surface area contributed by atoms with Crippen LogP contribution in [0, 0.1) is 23.2 Å². The van der Waals surface area contributed by atoms with Crippen LogP contribution in [0.2, 0.25) is 0 Å². The number of carbonyl (C=O) groups excluding carboxylic acids is 3. The third-order valence-electron chi connectivity index (χ3n) is 7.68. The number of nitrogens with zero attached hydrogens (tertiary/aromatic N) is 1. The molecule has 2 saturated carbocycles. The summed E-state index contributed by atoms with van der Waals surface area (Å²) < 4.78 is 5.73. The van der Waals surface area contributed by atoms with E-state index in [9.17, 15) is 14.4 Å². The third-order valence-corrected chi connectivity index (χ3v) is 7.68. The Balaban J connectivity index is 1.79. The summed E-state index contributed by atoms with van der Waals surface area (Å²) >= 11 is 0. The summed E-state index contributed by atoms with van der Waals surface area (Å²) in [5.41, 5.74) is 5.21. The predicted molar refractivity (Wildman–Crippen MR) is 128 cm³/mol. The fourth-order valence-electron chi connectivity index (χ4n) is 5.96. The summed E-state index contributed by atoms with van der Waals surface area (Å²) in [6, 6.07) is -1.94. The van der Waals surface area contributed by atoms with Gasteiger partial charge in [-0.1, -0.05) is 46.5 Å². The molecule has 3 aliphatic rings. The van der Waals surface area contributed by atoms with Crippen LogP contribution in [0.25, 0.3) is 0 Å². The number of rotatable bonds is 5. The van der Waals surface area contributed by atoms with Crippen molar-refractivity contribution >= 4 is 17.8 Å². The third kappa shape index (κ3) is 6.09. The highest BCUT2D eigenvalue weighted by molar-refractivity contribution is 5.93. The molecule has 5 atom stereocenters. The van der Waals surface area contributed by atoms with Crippen LogP contribution in [-0.2, 0) is 19.1 Å². The van der Waals surface area contributed by atoms with E-state index in [1.807, 2.05) is 41.5 Å². The Morgan fingerprint density at radius 1 is 0.939 bits per heavy atom. The Hall–Kier alpha value is -1.63. The molecular weight excluding hydrogens is 418 g/mol. The summed E-state index contributed by atoms with van der Waals surface area (Å²) in [4.78, 5) is 41.9. The number of hydrogen-bond donors (Lipinski definition) is 2. The van der Waals surface area contributed by atoms with Crippen LogP contribution in [0.5, 0.6) is 0 Å². The second kappa shape index (κ2) is 9.93. The first-order chi connectivity index (χ1) is 15.3. The molecule has 0 unspecified atom stereocenters. The van der Waals surface area contributed by atoms with Gasteiger partial charge in [0.25, 0.3) is 0 Å². The lowest BCUT2D eigenvalue weighted by molar-refractivity contribution is -0.165. The van der Waals surface area contributed by atoms with Gasteiger partial charge in [0.1, 0.15) is 17.7 Å². The number of amides is 2. The van der Waals surface area contributed by atoms with E-state index >= 15 is 0 Å². The van der Waals surface area contributed by atoms with Gasteiger partial charge < -0.3 is 20.7 Å². The molecule has 0 aromatic heterocycles. The predicted octanol–water partition coefficient (Wildman–Crippen LogP) is 3.39. The molecule has 3 N–H and O–H groups in total. The molecule has 0 bridgehead atoms. The molecule has 33 heavy (non-hydrogen) atoms. The second-order valence-corrected chi connectivity index (χ2v) is 12.6. The highest BCUT2D eigenvalue weighted by Gasteiger charge is 2.53. The van der Waals surface area contributed by atoms with Crippen molar-refractivity contribution in [2.24, 2.45) is 28.9 Å². The summed E-state index contributed by atoms with van der Waals surface area (Å²) in [6.45, 7) is 11.9. The lowest BCUT2D eigenvalue weighted by Gasteiger charge is -2.37. The first-order valence-corrected chi connectivity index (χ1v) is 12.9. The SMILES string of the molecule is CC(C)(C)OC(=O)[C@@H]1[C@H]2CCC[C@H]2CN1C(=O)[C@@H](NC(=O)[C@@H](N)C1CCCCC1)C(C)(C)C. The Bertz CT molecular complexity index is 733. The number of nitrogens with two attached hydrogens (primary N) is 1. The number of ether oxygens (including phenoxy) is 1. The highest BCUT2D eigenvalue weighted by Crippen LogP contribution is 2.43. The topological polar surface area (TPSA) is 102 Å². The van der Waals surface area contributed by atoms with Crippen molar-refractivity contribution in [3.05, 3.63) is 0 Å². The molecule has 0 aromatic rings. The van der Waals surface area contributed by atoms with Gasteiger partial charge in [-0.2, -0.15) is 0 Å². The smallest absolute Gasteiger partial charge is 0.329 e. The van der Waals surface area contributed by atoms with Crippen molar-refractivity contribution < 1.29 is 19.1 Å². The van der Waals surface area contributed by atoms with Crippen molar-refractivity contribution in [3.8, 4) is 0 Å². The number of carbonyl (C=O) groups is 3. The minimum atomic E-state index is -0.747. The molecule has 3 fully saturated rings. The van der Waals surface area contributed by atoms with Crippen LogP contribution in [0.4, 0.5) is 0 Å². The van der Waals surface area contributed by atoms with E-state index in [2.05, 4.69) is 5.32 Å². The number of nitrogens with one attached hydrogen (secondary N) is 1. The van der Waals surface area contributed by atoms with Gasteiger partial charge in [0.05, 0.1) is 6.04 Å². The van der Waals surface area contributed by atoms with Gasteiger partial charge >= 0.3 is 5.97 Å². The Morgan fingerprint density at radius 2 is 1.58 bits per heavy atom. The minimum absolute atomic E-state index is 0.129. The number of esters is 1. The second-order valence-electron chi connectivity index (χ2n) is 12.6. The Labute approximate surface area is 199 Å². The van der Waals surface area contributed by atoms with Crippen LogP contribution in [-0.4, -0.2) is 53.0 Å².